The molecule has 0 saturated carbocycles. The third kappa shape index (κ3) is 3.68. The SMILES string of the molecule is CCN(CC)c1ccc(NC(=O)Cc2c[nH]c3ccccc23)c(C)c1. The summed E-state index contributed by atoms with van der Waals surface area (Å²) >= 11 is 0. The number of aromatic nitrogens is 1. The first-order valence-electron chi connectivity index (χ1n) is 8.82. The second-order valence-corrected chi connectivity index (χ2v) is 6.26. The number of aryl methyl sites for hydroxylation is 1. The van der Waals surface area contributed by atoms with E-state index in [0.29, 0.717) is 6.42 Å². The standard InChI is InChI=1S/C21H25N3O/c1-4-24(5-2)17-10-11-19(15(3)12-17)23-21(25)13-16-14-22-20-9-7-6-8-18(16)20/h6-12,14,22H,4-5,13H2,1-3H3,(H,23,25). The van der Waals surface area contributed by atoms with Gasteiger partial charge in [-0.15, -0.1) is 0 Å². The zero-order valence-corrected chi connectivity index (χ0v) is 15.1. The van der Waals surface area contributed by atoms with Crippen molar-refractivity contribution < 1.29 is 4.79 Å². The molecule has 25 heavy (non-hydrogen) atoms. The number of carbonyl (C=O) groups excluding carboxylic acids is 1. The van der Waals surface area contributed by atoms with Crippen LogP contribution < -0.4 is 10.2 Å². The van der Waals surface area contributed by atoms with E-state index < -0.39 is 0 Å². The predicted octanol–water partition coefficient (Wildman–Crippen LogP) is 4.50. The number of nitrogens with one attached hydrogen (secondary N) is 2. The molecule has 3 aromatic rings. The van der Waals surface area contributed by atoms with Gasteiger partial charge in [0.1, 0.15) is 0 Å². The van der Waals surface area contributed by atoms with Crippen LogP contribution in [0.15, 0.2) is 48.7 Å². The Balaban J connectivity index is 1.72. The number of benzene rings is 2. The molecule has 1 aromatic heterocycles. The first-order chi connectivity index (χ1) is 12.1. The highest BCUT2D eigenvalue weighted by Crippen LogP contribution is 2.23. The number of rotatable bonds is 6. The fraction of sp³-hybridized carbons (Fsp3) is 0.286. The minimum absolute atomic E-state index is 0.00319. The summed E-state index contributed by atoms with van der Waals surface area (Å²) in [6.45, 7) is 8.28. The number of hydrogen-bond acceptors (Lipinski definition) is 2. The molecule has 0 bridgehead atoms. The number of carbonyl (C=O) groups is 1. The van der Waals surface area contributed by atoms with Crippen LogP contribution in [0.2, 0.25) is 0 Å². The lowest BCUT2D eigenvalue weighted by Crippen LogP contribution is -2.22. The van der Waals surface area contributed by atoms with Crippen LogP contribution in [-0.2, 0) is 11.2 Å². The number of fused-ring (bicyclic) bond motifs is 1. The summed E-state index contributed by atoms with van der Waals surface area (Å²) in [5.74, 6) is 0.00319. The minimum atomic E-state index is 0.00319. The summed E-state index contributed by atoms with van der Waals surface area (Å²) < 4.78 is 0. The van der Waals surface area contributed by atoms with Crippen LogP contribution in [-0.4, -0.2) is 24.0 Å². The molecule has 0 unspecified atom stereocenters. The number of amides is 1. The Morgan fingerprint density at radius 1 is 1.12 bits per heavy atom. The van der Waals surface area contributed by atoms with Gasteiger partial charge in [0.2, 0.25) is 5.91 Å². The number of nitrogens with zero attached hydrogens (tertiary/aromatic N) is 1. The molecular weight excluding hydrogens is 310 g/mol. The molecule has 130 valence electrons. The van der Waals surface area contributed by atoms with Gasteiger partial charge in [-0.3, -0.25) is 4.79 Å². The largest absolute Gasteiger partial charge is 0.372 e. The Kier molecular flexibility index (Phi) is 5.08. The van der Waals surface area contributed by atoms with Gasteiger partial charge in [-0.1, -0.05) is 18.2 Å². The highest BCUT2D eigenvalue weighted by Gasteiger charge is 2.11. The summed E-state index contributed by atoms with van der Waals surface area (Å²) in [7, 11) is 0. The normalized spacial score (nSPS) is 10.8. The van der Waals surface area contributed by atoms with Gasteiger partial charge in [-0.2, -0.15) is 0 Å². The Labute approximate surface area is 148 Å². The summed E-state index contributed by atoms with van der Waals surface area (Å²) in [5, 5.41) is 4.15. The maximum absolute atomic E-state index is 12.5. The van der Waals surface area contributed by atoms with Crippen molar-refractivity contribution in [3.05, 3.63) is 59.8 Å². The average molecular weight is 335 g/mol. The van der Waals surface area contributed by atoms with Crippen molar-refractivity contribution in [3.63, 3.8) is 0 Å². The van der Waals surface area contributed by atoms with Crippen molar-refractivity contribution in [2.24, 2.45) is 0 Å². The predicted molar refractivity (Wildman–Crippen MR) is 105 cm³/mol. The lowest BCUT2D eigenvalue weighted by molar-refractivity contribution is -0.115. The maximum atomic E-state index is 12.5. The van der Waals surface area contributed by atoms with Crippen molar-refractivity contribution in [2.75, 3.05) is 23.3 Å². The Bertz CT molecular complexity index is 878. The smallest absolute Gasteiger partial charge is 0.228 e. The molecule has 1 amide bonds. The average Bonchev–Trinajstić information content (AvgIpc) is 3.01. The number of H-pyrrole nitrogens is 1. The van der Waals surface area contributed by atoms with Crippen LogP contribution in [0.3, 0.4) is 0 Å². The van der Waals surface area contributed by atoms with E-state index in [4.69, 9.17) is 0 Å². The highest BCUT2D eigenvalue weighted by molar-refractivity contribution is 5.96. The van der Waals surface area contributed by atoms with Crippen molar-refractivity contribution in [1.29, 1.82) is 0 Å². The van der Waals surface area contributed by atoms with Crippen LogP contribution in [0.25, 0.3) is 10.9 Å². The van der Waals surface area contributed by atoms with Gasteiger partial charge in [0, 0.05) is 41.6 Å². The third-order valence-corrected chi connectivity index (χ3v) is 4.64. The second-order valence-electron chi connectivity index (χ2n) is 6.26. The summed E-state index contributed by atoms with van der Waals surface area (Å²) in [6.07, 6.45) is 2.28. The zero-order valence-electron chi connectivity index (χ0n) is 15.1. The lowest BCUT2D eigenvalue weighted by Gasteiger charge is -2.22. The molecule has 0 saturated heterocycles. The summed E-state index contributed by atoms with van der Waals surface area (Å²) in [6, 6.07) is 14.2. The van der Waals surface area contributed by atoms with E-state index in [2.05, 4.69) is 41.2 Å². The first kappa shape index (κ1) is 17.1. The Morgan fingerprint density at radius 2 is 1.88 bits per heavy atom. The molecule has 1 heterocycles. The first-order valence-corrected chi connectivity index (χ1v) is 8.82. The van der Waals surface area contributed by atoms with E-state index in [1.807, 2.05) is 43.5 Å². The number of hydrogen-bond donors (Lipinski definition) is 2. The van der Waals surface area contributed by atoms with Crippen molar-refractivity contribution in [2.45, 2.75) is 27.2 Å². The van der Waals surface area contributed by atoms with E-state index in [1.54, 1.807) is 0 Å². The van der Waals surface area contributed by atoms with Gasteiger partial charge >= 0.3 is 0 Å². The third-order valence-electron chi connectivity index (χ3n) is 4.64. The van der Waals surface area contributed by atoms with E-state index >= 15 is 0 Å². The molecule has 2 N–H and O–H groups in total. The van der Waals surface area contributed by atoms with Gasteiger partial charge in [-0.25, -0.2) is 0 Å². The molecular formula is C21H25N3O. The van der Waals surface area contributed by atoms with Crippen LogP contribution in [0.1, 0.15) is 25.0 Å². The monoisotopic (exact) mass is 335 g/mol. The van der Waals surface area contributed by atoms with Crippen molar-refractivity contribution >= 4 is 28.2 Å². The second kappa shape index (κ2) is 7.43. The topological polar surface area (TPSA) is 48.1 Å². The van der Waals surface area contributed by atoms with Gasteiger partial charge < -0.3 is 15.2 Å². The number of anilines is 2. The Hall–Kier alpha value is -2.75. The molecule has 2 aromatic carbocycles. The van der Waals surface area contributed by atoms with Gasteiger partial charge in [0.25, 0.3) is 0 Å². The zero-order chi connectivity index (χ0) is 17.8. The molecule has 4 heteroatoms. The summed E-state index contributed by atoms with van der Waals surface area (Å²) in [4.78, 5) is 18.0. The molecule has 0 radical (unpaired) electrons. The van der Waals surface area contributed by atoms with E-state index in [0.717, 1.165) is 40.8 Å². The van der Waals surface area contributed by atoms with Gasteiger partial charge in [-0.05, 0) is 56.2 Å². The van der Waals surface area contributed by atoms with E-state index in [1.165, 1.54) is 5.69 Å². The Morgan fingerprint density at radius 3 is 2.60 bits per heavy atom. The molecule has 0 spiro atoms. The van der Waals surface area contributed by atoms with Crippen LogP contribution in [0.5, 0.6) is 0 Å². The molecule has 0 fully saturated rings. The fourth-order valence-corrected chi connectivity index (χ4v) is 3.22. The molecule has 0 atom stereocenters. The molecule has 0 aliphatic rings. The quantitative estimate of drug-likeness (QED) is 0.696. The van der Waals surface area contributed by atoms with E-state index in [9.17, 15) is 4.79 Å². The molecule has 3 rings (SSSR count). The highest BCUT2D eigenvalue weighted by atomic mass is 16.1. The van der Waals surface area contributed by atoms with Crippen LogP contribution >= 0.6 is 0 Å². The molecule has 4 nitrogen and oxygen atoms in total. The lowest BCUT2D eigenvalue weighted by atomic mass is 10.1. The van der Waals surface area contributed by atoms with Gasteiger partial charge in [0.15, 0.2) is 0 Å². The van der Waals surface area contributed by atoms with Crippen molar-refractivity contribution in [3.8, 4) is 0 Å². The van der Waals surface area contributed by atoms with E-state index in [-0.39, 0.29) is 5.91 Å². The van der Waals surface area contributed by atoms with Crippen LogP contribution in [0, 0.1) is 6.92 Å². The van der Waals surface area contributed by atoms with Gasteiger partial charge in [0.05, 0.1) is 6.42 Å². The molecule has 0 aliphatic carbocycles. The summed E-state index contributed by atoms with van der Waals surface area (Å²) in [5.41, 5.74) is 5.23. The maximum Gasteiger partial charge on any atom is 0.228 e. The number of para-hydroxylation sites is 1. The minimum Gasteiger partial charge on any atom is -0.372 e. The number of aromatic amines is 1. The van der Waals surface area contributed by atoms with Crippen molar-refractivity contribution in [1.82, 2.24) is 4.98 Å². The molecule has 0 aliphatic heterocycles. The fourth-order valence-electron chi connectivity index (χ4n) is 3.22. The van der Waals surface area contributed by atoms with Crippen LogP contribution in [0.4, 0.5) is 11.4 Å².